The fourth-order valence-corrected chi connectivity index (χ4v) is 2.67. The molecule has 5 heteroatoms. The van der Waals surface area contributed by atoms with Gasteiger partial charge in [-0.05, 0) is 12.5 Å². The molecule has 0 spiro atoms. The molecule has 0 aliphatic heterocycles. The van der Waals surface area contributed by atoms with Crippen LogP contribution < -0.4 is 5.73 Å². The number of benzene rings is 1. The average Bonchev–Trinajstić information content (AvgIpc) is 2.47. The lowest BCUT2D eigenvalue weighted by Crippen LogP contribution is -2.42. The van der Waals surface area contributed by atoms with E-state index in [-0.39, 0.29) is 12.1 Å². The lowest BCUT2D eigenvalue weighted by molar-refractivity contribution is 0.0483. The van der Waals surface area contributed by atoms with Gasteiger partial charge in [0.1, 0.15) is 0 Å². The standard InChI is InChI=1S/C16H26N2O2S/c1-13(12-20-3)18(9-10-19-2)15(11-16(17)21)14-7-5-4-6-8-14/h4-8,13,15H,9-12H2,1-3H3,(H2,17,21). The van der Waals surface area contributed by atoms with Gasteiger partial charge in [0.05, 0.1) is 18.2 Å². The lowest BCUT2D eigenvalue weighted by atomic mass is 10.00. The fraction of sp³-hybridized carbons (Fsp3) is 0.562. The minimum absolute atomic E-state index is 0.143. The van der Waals surface area contributed by atoms with Crippen molar-refractivity contribution in [2.45, 2.75) is 25.4 Å². The quantitative estimate of drug-likeness (QED) is 0.672. The Hall–Kier alpha value is -1.01. The first kappa shape index (κ1) is 18.0. The molecule has 0 heterocycles. The third-order valence-electron chi connectivity index (χ3n) is 3.51. The second-order valence-electron chi connectivity index (χ2n) is 5.13. The summed E-state index contributed by atoms with van der Waals surface area (Å²) in [4.78, 5) is 2.87. The van der Waals surface area contributed by atoms with Crippen LogP contribution in [0.2, 0.25) is 0 Å². The van der Waals surface area contributed by atoms with E-state index < -0.39 is 0 Å². The molecule has 21 heavy (non-hydrogen) atoms. The Morgan fingerprint density at radius 2 is 1.90 bits per heavy atom. The van der Waals surface area contributed by atoms with E-state index in [1.807, 2.05) is 18.2 Å². The van der Waals surface area contributed by atoms with Gasteiger partial charge >= 0.3 is 0 Å². The molecule has 118 valence electrons. The normalized spacial score (nSPS) is 14.1. The largest absolute Gasteiger partial charge is 0.393 e. The van der Waals surface area contributed by atoms with Gasteiger partial charge in [0.2, 0.25) is 0 Å². The smallest absolute Gasteiger partial charge is 0.0746 e. The van der Waals surface area contributed by atoms with E-state index in [4.69, 9.17) is 27.4 Å². The van der Waals surface area contributed by atoms with Crippen LogP contribution in [-0.4, -0.2) is 49.9 Å². The topological polar surface area (TPSA) is 47.7 Å². The molecule has 1 aromatic rings. The number of thiocarbonyl (C=S) groups is 1. The van der Waals surface area contributed by atoms with Crippen molar-refractivity contribution in [3.05, 3.63) is 35.9 Å². The number of nitrogens with two attached hydrogens (primary N) is 1. The molecule has 0 amide bonds. The predicted molar refractivity (Wildman–Crippen MR) is 90.5 cm³/mol. The zero-order chi connectivity index (χ0) is 15.7. The van der Waals surface area contributed by atoms with Crippen molar-refractivity contribution in [3.8, 4) is 0 Å². The number of ether oxygens (including phenoxy) is 2. The van der Waals surface area contributed by atoms with E-state index in [1.54, 1.807) is 14.2 Å². The van der Waals surface area contributed by atoms with Crippen LogP contribution in [0.4, 0.5) is 0 Å². The molecule has 0 aromatic heterocycles. The number of hydrogen-bond acceptors (Lipinski definition) is 4. The Morgan fingerprint density at radius 1 is 1.24 bits per heavy atom. The first-order valence-corrected chi connectivity index (χ1v) is 7.57. The Kier molecular flexibility index (Phi) is 8.45. The molecule has 0 saturated heterocycles. The minimum Gasteiger partial charge on any atom is -0.393 e. The highest BCUT2D eigenvalue weighted by Crippen LogP contribution is 2.26. The van der Waals surface area contributed by atoms with Crippen LogP contribution in [0.25, 0.3) is 0 Å². The third-order valence-corrected chi connectivity index (χ3v) is 3.67. The molecule has 0 saturated carbocycles. The van der Waals surface area contributed by atoms with Crippen LogP contribution >= 0.6 is 12.2 Å². The zero-order valence-corrected chi connectivity index (χ0v) is 13.9. The first-order valence-electron chi connectivity index (χ1n) is 7.17. The van der Waals surface area contributed by atoms with Gasteiger partial charge in [-0.2, -0.15) is 0 Å². The van der Waals surface area contributed by atoms with E-state index in [2.05, 4.69) is 24.0 Å². The molecular weight excluding hydrogens is 284 g/mol. The summed E-state index contributed by atoms with van der Waals surface area (Å²) in [7, 11) is 3.43. The molecule has 2 atom stereocenters. The van der Waals surface area contributed by atoms with E-state index in [9.17, 15) is 0 Å². The molecule has 0 aliphatic carbocycles. The van der Waals surface area contributed by atoms with Crippen LogP contribution in [-0.2, 0) is 9.47 Å². The number of nitrogens with zero attached hydrogens (tertiary/aromatic N) is 1. The molecule has 1 aromatic carbocycles. The van der Waals surface area contributed by atoms with Crippen molar-refractivity contribution in [1.29, 1.82) is 0 Å². The van der Waals surface area contributed by atoms with Crippen molar-refractivity contribution in [3.63, 3.8) is 0 Å². The Morgan fingerprint density at radius 3 is 2.43 bits per heavy atom. The maximum Gasteiger partial charge on any atom is 0.0746 e. The molecule has 0 aliphatic rings. The summed E-state index contributed by atoms with van der Waals surface area (Å²) in [6.07, 6.45) is 0.650. The number of methoxy groups -OCH3 is 2. The minimum atomic E-state index is 0.143. The molecule has 0 fully saturated rings. The van der Waals surface area contributed by atoms with Crippen molar-refractivity contribution in [2.24, 2.45) is 5.73 Å². The summed E-state index contributed by atoms with van der Waals surface area (Å²) in [5.74, 6) is 0. The summed E-state index contributed by atoms with van der Waals surface area (Å²) in [6, 6.07) is 10.7. The molecule has 0 radical (unpaired) electrons. The predicted octanol–water partition coefficient (Wildman–Crippen LogP) is 2.39. The third kappa shape index (κ3) is 6.09. The van der Waals surface area contributed by atoms with Gasteiger partial charge in [-0.1, -0.05) is 42.5 Å². The number of rotatable bonds is 10. The molecule has 4 nitrogen and oxygen atoms in total. The van der Waals surface area contributed by atoms with Gasteiger partial charge in [-0.3, -0.25) is 4.90 Å². The van der Waals surface area contributed by atoms with Crippen LogP contribution in [0.3, 0.4) is 0 Å². The van der Waals surface area contributed by atoms with Crippen molar-refractivity contribution < 1.29 is 9.47 Å². The van der Waals surface area contributed by atoms with Crippen molar-refractivity contribution in [2.75, 3.05) is 34.0 Å². The zero-order valence-electron chi connectivity index (χ0n) is 13.1. The Bertz CT molecular complexity index is 414. The Labute approximate surface area is 133 Å². The first-order chi connectivity index (χ1) is 10.1. The van der Waals surface area contributed by atoms with E-state index >= 15 is 0 Å². The van der Waals surface area contributed by atoms with Gasteiger partial charge in [-0.15, -0.1) is 0 Å². The molecule has 1 rings (SSSR count). The van der Waals surface area contributed by atoms with Gasteiger partial charge in [0.15, 0.2) is 0 Å². The van der Waals surface area contributed by atoms with Gasteiger partial charge < -0.3 is 15.2 Å². The van der Waals surface area contributed by atoms with E-state index in [1.165, 1.54) is 5.56 Å². The summed E-state index contributed by atoms with van der Waals surface area (Å²) in [6.45, 7) is 4.27. The van der Waals surface area contributed by atoms with Crippen LogP contribution in [0, 0.1) is 0 Å². The lowest BCUT2D eigenvalue weighted by Gasteiger charge is -2.36. The average molecular weight is 310 g/mol. The highest BCUT2D eigenvalue weighted by molar-refractivity contribution is 7.80. The summed E-state index contributed by atoms with van der Waals surface area (Å²) < 4.78 is 10.6. The fourth-order valence-electron chi connectivity index (χ4n) is 2.51. The second kappa shape index (κ2) is 9.84. The molecule has 2 unspecified atom stereocenters. The van der Waals surface area contributed by atoms with Crippen molar-refractivity contribution in [1.82, 2.24) is 4.90 Å². The van der Waals surface area contributed by atoms with Gasteiger partial charge in [0.25, 0.3) is 0 Å². The molecular formula is C16H26N2O2S. The van der Waals surface area contributed by atoms with E-state index in [0.717, 1.165) is 6.54 Å². The highest BCUT2D eigenvalue weighted by atomic mass is 32.1. The maximum atomic E-state index is 5.81. The number of hydrogen-bond donors (Lipinski definition) is 1. The second-order valence-corrected chi connectivity index (χ2v) is 5.66. The summed E-state index contributed by atoms with van der Waals surface area (Å²) >= 11 is 5.14. The van der Waals surface area contributed by atoms with E-state index in [0.29, 0.717) is 24.6 Å². The molecule has 0 bridgehead atoms. The molecule has 2 N–H and O–H groups in total. The summed E-state index contributed by atoms with van der Waals surface area (Å²) in [5, 5.41) is 0. The SMILES string of the molecule is COCCN(C(C)COC)C(CC(N)=S)c1ccccc1. The van der Waals surface area contributed by atoms with Gasteiger partial charge in [-0.25, -0.2) is 0 Å². The van der Waals surface area contributed by atoms with Gasteiger partial charge in [0, 0.05) is 39.3 Å². The highest BCUT2D eigenvalue weighted by Gasteiger charge is 2.25. The van der Waals surface area contributed by atoms with Crippen molar-refractivity contribution >= 4 is 17.2 Å². The van der Waals surface area contributed by atoms with Crippen LogP contribution in [0.5, 0.6) is 0 Å². The van der Waals surface area contributed by atoms with Crippen LogP contribution in [0.1, 0.15) is 24.9 Å². The maximum absolute atomic E-state index is 5.81. The monoisotopic (exact) mass is 310 g/mol. The Balaban J connectivity index is 3.00. The summed E-state index contributed by atoms with van der Waals surface area (Å²) in [5.41, 5.74) is 7.03. The van der Waals surface area contributed by atoms with Crippen LogP contribution in [0.15, 0.2) is 30.3 Å².